The molecule has 0 aliphatic carbocycles. The van der Waals surface area contributed by atoms with Gasteiger partial charge in [-0.25, -0.2) is 0 Å². The molecule has 0 radical (unpaired) electrons. The minimum absolute atomic E-state index is 0.121. The van der Waals surface area contributed by atoms with Gasteiger partial charge in [-0.05, 0) is 38.5 Å². The SMILES string of the molecule is Cc1ccc(NC(=O)CSc2nncn2C(C)C)c(Cl)c1. The maximum atomic E-state index is 12.0. The molecule has 0 fully saturated rings. The van der Waals surface area contributed by atoms with Gasteiger partial charge in [0.25, 0.3) is 0 Å². The molecule has 0 unspecified atom stereocenters. The Balaban J connectivity index is 1.94. The van der Waals surface area contributed by atoms with Gasteiger partial charge in [0.1, 0.15) is 6.33 Å². The van der Waals surface area contributed by atoms with Crippen LogP contribution in [0.4, 0.5) is 5.69 Å². The van der Waals surface area contributed by atoms with Crippen LogP contribution in [0.15, 0.2) is 29.7 Å². The molecule has 7 heteroatoms. The monoisotopic (exact) mass is 324 g/mol. The first-order chi connectivity index (χ1) is 9.97. The molecule has 1 heterocycles. The molecule has 21 heavy (non-hydrogen) atoms. The van der Waals surface area contributed by atoms with Crippen molar-refractivity contribution < 1.29 is 4.79 Å². The number of benzene rings is 1. The van der Waals surface area contributed by atoms with E-state index in [1.807, 2.05) is 37.5 Å². The predicted octanol–water partition coefficient (Wildman–Crippen LogP) is 3.55. The number of carbonyl (C=O) groups is 1. The third kappa shape index (κ3) is 4.22. The maximum Gasteiger partial charge on any atom is 0.234 e. The number of hydrogen-bond donors (Lipinski definition) is 1. The van der Waals surface area contributed by atoms with Gasteiger partial charge in [0.15, 0.2) is 5.16 Å². The minimum Gasteiger partial charge on any atom is -0.324 e. The number of nitrogens with zero attached hydrogens (tertiary/aromatic N) is 3. The molecule has 0 aliphatic heterocycles. The van der Waals surface area contributed by atoms with E-state index in [1.165, 1.54) is 11.8 Å². The lowest BCUT2D eigenvalue weighted by Gasteiger charge is -2.10. The number of anilines is 1. The molecule has 1 aromatic carbocycles. The van der Waals surface area contributed by atoms with E-state index in [-0.39, 0.29) is 17.7 Å². The molecule has 1 amide bonds. The second-order valence-corrected chi connectivity index (χ2v) is 6.28. The number of thioether (sulfide) groups is 1. The fraction of sp³-hybridized carbons (Fsp3) is 0.357. The van der Waals surface area contributed by atoms with Crippen LogP contribution in [0.2, 0.25) is 5.02 Å². The van der Waals surface area contributed by atoms with Crippen molar-refractivity contribution in [3.8, 4) is 0 Å². The van der Waals surface area contributed by atoms with E-state index in [4.69, 9.17) is 11.6 Å². The number of nitrogens with one attached hydrogen (secondary N) is 1. The summed E-state index contributed by atoms with van der Waals surface area (Å²) >= 11 is 7.44. The van der Waals surface area contributed by atoms with E-state index in [2.05, 4.69) is 15.5 Å². The quantitative estimate of drug-likeness (QED) is 0.854. The van der Waals surface area contributed by atoms with E-state index in [1.54, 1.807) is 12.4 Å². The molecular formula is C14H17ClN4OS. The highest BCUT2D eigenvalue weighted by Crippen LogP contribution is 2.24. The van der Waals surface area contributed by atoms with Crippen LogP contribution in [0.1, 0.15) is 25.5 Å². The molecular weight excluding hydrogens is 308 g/mol. The Morgan fingerprint density at radius 3 is 2.90 bits per heavy atom. The first kappa shape index (κ1) is 15.9. The third-order valence-electron chi connectivity index (χ3n) is 2.83. The maximum absolute atomic E-state index is 12.0. The van der Waals surface area contributed by atoms with E-state index in [0.717, 1.165) is 10.7 Å². The van der Waals surface area contributed by atoms with Crippen LogP contribution in [0, 0.1) is 6.92 Å². The molecule has 112 valence electrons. The van der Waals surface area contributed by atoms with Gasteiger partial charge in [-0.3, -0.25) is 4.79 Å². The fourth-order valence-electron chi connectivity index (χ4n) is 1.73. The molecule has 1 aromatic heterocycles. The molecule has 2 rings (SSSR count). The van der Waals surface area contributed by atoms with Crippen molar-refractivity contribution in [1.82, 2.24) is 14.8 Å². The highest BCUT2D eigenvalue weighted by atomic mass is 35.5. The lowest BCUT2D eigenvalue weighted by Crippen LogP contribution is -2.15. The van der Waals surface area contributed by atoms with Crippen molar-refractivity contribution >= 4 is 35.0 Å². The molecule has 0 saturated heterocycles. The average molecular weight is 325 g/mol. The largest absolute Gasteiger partial charge is 0.324 e. The smallest absolute Gasteiger partial charge is 0.234 e. The van der Waals surface area contributed by atoms with Crippen molar-refractivity contribution in [2.45, 2.75) is 32.0 Å². The number of aromatic nitrogens is 3. The number of hydrogen-bond acceptors (Lipinski definition) is 4. The normalized spacial score (nSPS) is 10.9. The Labute approximate surface area is 133 Å². The summed E-state index contributed by atoms with van der Waals surface area (Å²) in [6.07, 6.45) is 1.67. The summed E-state index contributed by atoms with van der Waals surface area (Å²) in [4.78, 5) is 12.0. The second-order valence-electron chi connectivity index (χ2n) is 4.93. The summed E-state index contributed by atoms with van der Waals surface area (Å²) in [7, 11) is 0. The van der Waals surface area contributed by atoms with E-state index in [9.17, 15) is 4.79 Å². The van der Waals surface area contributed by atoms with E-state index in [0.29, 0.717) is 10.7 Å². The summed E-state index contributed by atoms with van der Waals surface area (Å²) in [5, 5.41) is 12.0. The Kier molecular flexibility index (Phi) is 5.25. The Morgan fingerprint density at radius 1 is 1.48 bits per heavy atom. The summed E-state index contributed by atoms with van der Waals surface area (Å²) in [5.41, 5.74) is 1.68. The summed E-state index contributed by atoms with van der Waals surface area (Å²) in [6, 6.07) is 5.79. The lowest BCUT2D eigenvalue weighted by molar-refractivity contribution is -0.113. The number of carbonyl (C=O) groups excluding carboxylic acids is 1. The van der Waals surface area contributed by atoms with Crippen molar-refractivity contribution in [2.24, 2.45) is 0 Å². The van der Waals surface area contributed by atoms with Gasteiger partial charge in [-0.2, -0.15) is 0 Å². The van der Waals surface area contributed by atoms with Crippen molar-refractivity contribution in [1.29, 1.82) is 0 Å². The molecule has 0 spiro atoms. The van der Waals surface area contributed by atoms with Crippen LogP contribution in [0.25, 0.3) is 0 Å². The van der Waals surface area contributed by atoms with Crippen LogP contribution in [-0.4, -0.2) is 26.4 Å². The molecule has 0 bridgehead atoms. The van der Waals surface area contributed by atoms with Crippen molar-refractivity contribution in [2.75, 3.05) is 11.1 Å². The van der Waals surface area contributed by atoms with Gasteiger partial charge in [0, 0.05) is 6.04 Å². The van der Waals surface area contributed by atoms with Gasteiger partial charge in [-0.15, -0.1) is 10.2 Å². The molecule has 5 nitrogen and oxygen atoms in total. The van der Waals surface area contributed by atoms with Gasteiger partial charge >= 0.3 is 0 Å². The molecule has 0 atom stereocenters. The highest BCUT2D eigenvalue weighted by molar-refractivity contribution is 7.99. The highest BCUT2D eigenvalue weighted by Gasteiger charge is 2.11. The minimum atomic E-state index is -0.121. The first-order valence-corrected chi connectivity index (χ1v) is 7.92. The van der Waals surface area contributed by atoms with Crippen LogP contribution in [0.5, 0.6) is 0 Å². The Morgan fingerprint density at radius 2 is 2.24 bits per heavy atom. The third-order valence-corrected chi connectivity index (χ3v) is 4.10. The molecule has 1 N–H and O–H groups in total. The summed E-state index contributed by atoms with van der Waals surface area (Å²) < 4.78 is 1.93. The Bertz CT molecular complexity index is 642. The van der Waals surface area contributed by atoms with Crippen LogP contribution in [-0.2, 0) is 4.79 Å². The second kappa shape index (κ2) is 6.95. The predicted molar refractivity (Wildman–Crippen MR) is 85.9 cm³/mol. The molecule has 0 saturated carbocycles. The van der Waals surface area contributed by atoms with Crippen molar-refractivity contribution in [3.63, 3.8) is 0 Å². The average Bonchev–Trinajstić information content (AvgIpc) is 2.88. The zero-order valence-corrected chi connectivity index (χ0v) is 13.7. The van der Waals surface area contributed by atoms with Crippen LogP contribution < -0.4 is 5.32 Å². The summed E-state index contributed by atoms with van der Waals surface area (Å²) in [5.74, 6) is 0.138. The topological polar surface area (TPSA) is 59.8 Å². The van der Waals surface area contributed by atoms with Crippen LogP contribution >= 0.6 is 23.4 Å². The van der Waals surface area contributed by atoms with Gasteiger partial charge in [-0.1, -0.05) is 29.4 Å². The lowest BCUT2D eigenvalue weighted by atomic mass is 10.2. The zero-order chi connectivity index (χ0) is 15.4. The first-order valence-electron chi connectivity index (χ1n) is 6.55. The standard InChI is InChI=1S/C14H17ClN4OS/c1-9(2)19-8-16-18-14(19)21-7-13(20)17-12-5-4-10(3)6-11(12)15/h4-6,8-9H,7H2,1-3H3,(H,17,20). The molecule has 0 aliphatic rings. The number of aryl methyl sites for hydroxylation is 1. The number of amides is 1. The van der Waals surface area contributed by atoms with Crippen LogP contribution in [0.3, 0.4) is 0 Å². The Hall–Kier alpha value is -1.53. The van der Waals surface area contributed by atoms with Gasteiger partial charge in [0.2, 0.25) is 5.91 Å². The van der Waals surface area contributed by atoms with E-state index >= 15 is 0 Å². The molecule has 2 aromatic rings. The fourth-order valence-corrected chi connectivity index (χ4v) is 2.85. The number of rotatable bonds is 5. The van der Waals surface area contributed by atoms with Crippen molar-refractivity contribution in [3.05, 3.63) is 35.1 Å². The van der Waals surface area contributed by atoms with Gasteiger partial charge < -0.3 is 9.88 Å². The van der Waals surface area contributed by atoms with Gasteiger partial charge in [0.05, 0.1) is 16.5 Å². The summed E-state index contributed by atoms with van der Waals surface area (Å²) in [6.45, 7) is 6.03. The van der Waals surface area contributed by atoms with E-state index < -0.39 is 0 Å². The zero-order valence-electron chi connectivity index (χ0n) is 12.1. The number of halogens is 1.